The van der Waals surface area contributed by atoms with Gasteiger partial charge in [-0.25, -0.2) is 9.13 Å². The van der Waals surface area contributed by atoms with Crippen LogP contribution < -0.4 is 0 Å². The van der Waals surface area contributed by atoms with Crippen LogP contribution in [0.25, 0.3) is 46.1 Å². The number of halogens is 1. The summed E-state index contributed by atoms with van der Waals surface area (Å²) in [6.45, 7) is 0. The zero-order valence-electron chi connectivity index (χ0n) is 17.6. The number of hydrogen-bond donors (Lipinski definition) is 1. The van der Waals surface area contributed by atoms with E-state index in [0.29, 0.717) is 29.4 Å². The van der Waals surface area contributed by atoms with Crippen molar-refractivity contribution >= 4 is 11.6 Å². The van der Waals surface area contributed by atoms with Gasteiger partial charge in [0.2, 0.25) is 11.2 Å². The van der Waals surface area contributed by atoms with Gasteiger partial charge < -0.3 is 0 Å². The Balaban J connectivity index is 1.58. The van der Waals surface area contributed by atoms with Crippen LogP contribution in [0.3, 0.4) is 0 Å². The molecule has 34 heavy (non-hydrogen) atoms. The smallest absolute Gasteiger partial charge is 0.257 e. The lowest BCUT2D eigenvalue weighted by Gasteiger charge is -2.09. The molecule has 3 aromatic heterocycles. The Morgan fingerprint density at radius 3 is 1.74 bits per heavy atom. The van der Waals surface area contributed by atoms with E-state index in [9.17, 15) is 0 Å². The summed E-state index contributed by atoms with van der Waals surface area (Å²) in [6, 6.07) is 29.1. The molecule has 6 aromatic rings. The largest absolute Gasteiger partial charge is 0.257 e. The van der Waals surface area contributed by atoms with E-state index < -0.39 is 0 Å². The van der Waals surface area contributed by atoms with Crippen molar-refractivity contribution in [3.05, 3.63) is 96.3 Å². The number of hydrogen-bond acceptors (Lipinski definition) is 6. The summed E-state index contributed by atoms with van der Waals surface area (Å²) in [5.41, 5.74) is 2.58. The molecule has 0 saturated carbocycles. The van der Waals surface area contributed by atoms with E-state index in [1.807, 2.05) is 91.0 Å². The Hall–Kier alpha value is -4.63. The number of aromatic nitrogens is 9. The van der Waals surface area contributed by atoms with Crippen molar-refractivity contribution in [1.29, 1.82) is 0 Å². The predicted molar refractivity (Wildman–Crippen MR) is 128 cm³/mol. The van der Waals surface area contributed by atoms with Gasteiger partial charge in [0.1, 0.15) is 0 Å². The van der Waals surface area contributed by atoms with Gasteiger partial charge in [-0.1, -0.05) is 91.0 Å². The summed E-state index contributed by atoms with van der Waals surface area (Å²) >= 11 is 6.50. The Morgan fingerprint density at radius 1 is 0.588 bits per heavy atom. The number of nitrogens with zero attached hydrogens (tertiary/aromatic N) is 8. The van der Waals surface area contributed by atoms with Crippen molar-refractivity contribution in [3.63, 3.8) is 0 Å². The van der Waals surface area contributed by atoms with Crippen molar-refractivity contribution in [1.82, 2.24) is 44.7 Å². The molecule has 0 atom stereocenters. The van der Waals surface area contributed by atoms with Gasteiger partial charge in [0.05, 0.1) is 0 Å². The molecule has 0 spiro atoms. The quantitative estimate of drug-likeness (QED) is 0.398. The normalized spacial score (nSPS) is 11.1. The molecule has 1 N–H and O–H groups in total. The molecule has 0 aliphatic heterocycles. The lowest BCUT2D eigenvalue weighted by Crippen LogP contribution is -2.09. The monoisotopic (exact) mass is 465 g/mol. The van der Waals surface area contributed by atoms with Crippen molar-refractivity contribution < 1.29 is 0 Å². The third kappa shape index (κ3) is 3.44. The molecular formula is C24H16ClN9. The molecule has 0 unspecified atom stereocenters. The zero-order valence-corrected chi connectivity index (χ0v) is 18.4. The lowest BCUT2D eigenvalue weighted by atomic mass is 10.2. The van der Waals surface area contributed by atoms with Crippen LogP contribution in [-0.2, 0) is 0 Å². The van der Waals surface area contributed by atoms with Crippen molar-refractivity contribution in [2.75, 3.05) is 0 Å². The molecule has 0 amide bonds. The third-order valence-electron chi connectivity index (χ3n) is 5.25. The Bertz CT molecular complexity index is 1550. The first-order valence-electron chi connectivity index (χ1n) is 10.5. The van der Waals surface area contributed by atoms with Crippen LogP contribution in [0, 0.1) is 0 Å². The van der Waals surface area contributed by atoms with E-state index in [2.05, 4.69) is 30.6 Å². The highest BCUT2D eigenvalue weighted by molar-refractivity contribution is 6.28. The minimum atomic E-state index is 0.144. The van der Waals surface area contributed by atoms with E-state index in [0.717, 1.165) is 16.7 Å². The maximum atomic E-state index is 6.50. The molecule has 0 bridgehead atoms. The Labute approximate surface area is 198 Å². The fourth-order valence-corrected chi connectivity index (χ4v) is 3.87. The summed E-state index contributed by atoms with van der Waals surface area (Å²) in [5.74, 6) is 2.43. The molecule has 9 nitrogen and oxygen atoms in total. The van der Waals surface area contributed by atoms with Crippen LogP contribution in [0.4, 0.5) is 0 Å². The van der Waals surface area contributed by atoms with Gasteiger partial charge >= 0.3 is 0 Å². The zero-order chi connectivity index (χ0) is 22.9. The average Bonchev–Trinajstić information content (AvgIpc) is 3.63. The van der Waals surface area contributed by atoms with Gasteiger partial charge in [0, 0.05) is 16.7 Å². The van der Waals surface area contributed by atoms with Gasteiger partial charge in [-0.15, -0.1) is 25.5 Å². The van der Waals surface area contributed by atoms with Crippen LogP contribution >= 0.6 is 11.6 Å². The Morgan fingerprint density at radius 2 is 1.12 bits per heavy atom. The fraction of sp³-hybridized carbons (Fsp3) is 0. The molecule has 0 aliphatic carbocycles. The highest BCUT2D eigenvalue weighted by atomic mass is 35.5. The van der Waals surface area contributed by atoms with Crippen LogP contribution in [0.5, 0.6) is 0 Å². The van der Waals surface area contributed by atoms with E-state index in [1.165, 1.54) is 0 Å². The van der Waals surface area contributed by atoms with E-state index in [-0.39, 0.29) is 5.28 Å². The van der Waals surface area contributed by atoms with E-state index in [4.69, 9.17) is 16.6 Å². The minimum absolute atomic E-state index is 0.144. The van der Waals surface area contributed by atoms with Gasteiger partial charge in [-0.3, -0.25) is 5.10 Å². The van der Waals surface area contributed by atoms with Gasteiger partial charge in [0.25, 0.3) is 5.95 Å². The second kappa shape index (κ2) is 8.38. The number of benzene rings is 3. The van der Waals surface area contributed by atoms with Crippen LogP contribution in [0.15, 0.2) is 91.0 Å². The van der Waals surface area contributed by atoms with Crippen LogP contribution in [-0.4, -0.2) is 44.7 Å². The predicted octanol–water partition coefficient (Wildman–Crippen LogP) is 4.62. The first kappa shape index (κ1) is 20.0. The molecule has 164 valence electrons. The first-order valence-corrected chi connectivity index (χ1v) is 10.8. The standard InChI is InChI=1S/C24H16ClN9/c25-22-30-28-20(17-12-6-2-7-13-17)33(22)24-32-29-21(18-14-8-3-9-15-18)34(24)23-26-19(27-31-23)16-10-4-1-5-11-16/h1-15H,(H,26,27,31). The van der Waals surface area contributed by atoms with E-state index >= 15 is 0 Å². The second-order valence-electron chi connectivity index (χ2n) is 7.37. The number of rotatable bonds is 5. The maximum absolute atomic E-state index is 6.50. The number of aromatic amines is 1. The maximum Gasteiger partial charge on any atom is 0.257 e. The molecule has 0 saturated heterocycles. The fourth-order valence-electron chi connectivity index (χ4n) is 3.67. The average molecular weight is 466 g/mol. The summed E-state index contributed by atoms with van der Waals surface area (Å²) in [6.07, 6.45) is 0. The summed E-state index contributed by atoms with van der Waals surface area (Å²) in [5, 5.41) is 24.9. The SMILES string of the molecule is Clc1nnc(-c2ccccc2)n1-c1nnc(-c2ccccc2)n1-c1n[nH]c(-c2ccccc2)n1. The number of nitrogens with one attached hydrogen (secondary N) is 1. The van der Waals surface area contributed by atoms with Crippen molar-refractivity contribution in [3.8, 4) is 46.1 Å². The van der Waals surface area contributed by atoms with Gasteiger partial charge in [-0.05, 0) is 11.6 Å². The lowest BCUT2D eigenvalue weighted by molar-refractivity contribution is 0.850. The molecule has 0 fully saturated rings. The van der Waals surface area contributed by atoms with Gasteiger partial charge in [0.15, 0.2) is 17.5 Å². The summed E-state index contributed by atoms with van der Waals surface area (Å²) in [4.78, 5) is 4.73. The molecule has 3 heterocycles. The Kier molecular flexibility index (Phi) is 4.93. The highest BCUT2D eigenvalue weighted by Gasteiger charge is 2.25. The molecular weight excluding hydrogens is 450 g/mol. The molecule has 0 aliphatic rings. The topological polar surface area (TPSA) is 103 Å². The molecule has 3 aromatic carbocycles. The third-order valence-corrected chi connectivity index (χ3v) is 5.50. The van der Waals surface area contributed by atoms with Crippen molar-refractivity contribution in [2.45, 2.75) is 0 Å². The second-order valence-corrected chi connectivity index (χ2v) is 7.71. The summed E-state index contributed by atoms with van der Waals surface area (Å²) < 4.78 is 3.37. The molecule has 10 heteroatoms. The van der Waals surface area contributed by atoms with Crippen LogP contribution in [0.1, 0.15) is 0 Å². The number of H-pyrrole nitrogens is 1. The summed E-state index contributed by atoms with van der Waals surface area (Å²) in [7, 11) is 0. The minimum Gasteiger partial charge on any atom is -0.257 e. The first-order chi connectivity index (χ1) is 16.8. The molecule has 0 radical (unpaired) electrons. The van der Waals surface area contributed by atoms with E-state index in [1.54, 1.807) is 9.13 Å². The highest BCUT2D eigenvalue weighted by Crippen LogP contribution is 2.29. The molecule has 6 rings (SSSR count). The van der Waals surface area contributed by atoms with Crippen LogP contribution in [0.2, 0.25) is 5.28 Å². The van der Waals surface area contributed by atoms with Gasteiger partial charge in [-0.2, -0.15) is 4.98 Å². The van der Waals surface area contributed by atoms with Crippen molar-refractivity contribution in [2.24, 2.45) is 0 Å².